The highest BCUT2D eigenvalue weighted by molar-refractivity contribution is 7.09. The Hall–Kier alpha value is -1.10. The van der Waals surface area contributed by atoms with Crippen molar-refractivity contribution in [1.82, 2.24) is 5.43 Å². The van der Waals surface area contributed by atoms with Crippen LogP contribution in [0.2, 0.25) is 0 Å². The van der Waals surface area contributed by atoms with Gasteiger partial charge < -0.3 is 4.42 Å². The number of hydrogen-bond acceptors (Lipinski definition) is 4. The number of hydrogen-bond donors (Lipinski definition) is 2. The van der Waals surface area contributed by atoms with Gasteiger partial charge in [-0.1, -0.05) is 13.0 Å². The minimum Gasteiger partial charge on any atom is -0.469 e. The molecule has 0 saturated heterocycles. The summed E-state index contributed by atoms with van der Waals surface area (Å²) in [5.41, 5.74) is 4.03. The van der Waals surface area contributed by atoms with Gasteiger partial charge in [-0.2, -0.15) is 0 Å². The third-order valence-corrected chi connectivity index (χ3v) is 3.56. The lowest BCUT2D eigenvalue weighted by atomic mass is 10.0. The van der Waals surface area contributed by atoms with Gasteiger partial charge in [0.25, 0.3) is 0 Å². The Morgan fingerprint density at radius 1 is 1.50 bits per heavy atom. The molecule has 1 unspecified atom stereocenters. The van der Waals surface area contributed by atoms with E-state index in [1.165, 1.54) is 10.4 Å². The largest absolute Gasteiger partial charge is 0.469 e. The maximum atomic E-state index is 5.62. The zero-order chi connectivity index (χ0) is 11.4. The molecule has 0 aromatic carbocycles. The summed E-state index contributed by atoms with van der Waals surface area (Å²) in [5.74, 6) is 6.63. The highest BCUT2D eigenvalue weighted by Gasteiger charge is 2.16. The second-order valence-corrected chi connectivity index (χ2v) is 4.69. The fourth-order valence-electron chi connectivity index (χ4n) is 1.84. The molecule has 2 rings (SSSR count). The predicted molar refractivity (Wildman–Crippen MR) is 66.2 cm³/mol. The lowest BCUT2D eigenvalue weighted by Gasteiger charge is -2.14. The summed E-state index contributed by atoms with van der Waals surface area (Å²) in [6.07, 6.45) is 3.53. The molecule has 2 heterocycles. The molecule has 0 aliphatic rings. The van der Waals surface area contributed by atoms with Gasteiger partial charge in [0, 0.05) is 23.3 Å². The summed E-state index contributed by atoms with van der Waals surface area (Å²) in [5, 5.41) is 2.08. The molecule has 16 heavy (non-hydrogen) atoms. The van der Waals surface area contributed by atoms with Gasteiger partial charge in [-0.25, -0.2) is 0 Å². The number of nitrogens with one attached hydrogen (secondary N) is 1. The molecule has 2 aromatic rings. The van der Waals surface area contributed by atoms with E-state index in [2.05, 4.69) is 29.9 Å². The van der Waals surface area contributed by atoms with Crippen LogP contribution in [0.1, 0.15) is 29.2 Å². The van der Waals surface area contributed by atoms with Crippen LogP contribution in [0, 0.1) is 0 Å². The van der Waals surface area contributed by atoms with E-state index < -0.39 is 0 Å². The molecule has 1 atom stereocenters. The van der Waals surface area contributed by atoms with Crippen molar-refractivity contribution in [2.75, 3.05) is 0 Å². The summed E-state index contributed by atoms with van der Waals surface area (Å²) >= 11 is 1.75. The van der Waals surface area contributed by atoms with E-state index in [-0.39, 0.29) is 6.04 Å². The minimum absolute atomic E-state index is 0.132. The second-order valence-electron chi connectivity index (χ2n) is 3.66. The Morgan fingerprint density at radius 2 is 2.38 bits per heavy atom. The third-order valence-electron chi connectivity index (χ3n) is 2.66. The van der Waals surface area contributed by atoms with Crippen LogP contribution in [-0.2, 0) is 12.8 Å². The van der Waals surface area contributed by atoms with Crippen LogP contribution in [-0.4, -0.2) is 0 Å². The zero-order valence-corrected chi connectivity index (χ0v) is 10.1. The lowest BCUT2D eigenvalue weighted by molar-refractivity contribution is 0.488. The van der Waals surface area contributed by atoms with E-state index in [0.717, 1.165) is 18.6 Å². The molecule has 0 saturated carbocycles. The summed E-state index contributed by atoms with van der Waals surface area (Å²) < 4.78 is 5.42. The van der Waals surface area contributed by atoms with Gasteiger partial charge >= 0.3 is 0 Å². The summed E-state index contributed by atoms with van der Waals surface area (Å²) in [4.78, 5) is 1.33. The van der Waals surface area contributed by atoms with Gasteiger partial charge in [0.05, 0.1) is 12.3 Å². The SMILES string of the molecule is CCc1occc1C(Cc1cccs1)NN. The molecule has 0 spiro atoms. The van der Waals surface area contributed by atoms with E-state index in [1.807, 2.05) is 6.07 Å². The van der Waals surface area contributed by atoms with Crippen molar-refractivity contribution in [2.24, 2.45) is 5.84 Å². The van der Waals surface area contributed by atoms with Crippen molar-refractivity contribution >= 4 is 11.3 Å². The van der Waals surface area contributed by atoms with Crippen molar-refractivity contribution in [2.45, 2.75) is 25.8 Å². The molecular weight excluding hydrogens is 220 g/mol. The Kier molecular flexibility index (Phi) is 3.77. The second kappa shape index (κ2) is 5.30. The van der Waals surface area contributed by atoms with Gasteiger partial charge in [0.2, 0.25) is 0 Å². The maximum Gasteiger partial charge on any atom is 0.108 e. The van der Waals surface area contributed by atoms with E-state index in [1.54, 1.807) is 17.6 Å². The number of furan rings is 1. The maximum absolute atomic E-state index is 5.62. The van der Waals surface area contributed by atoms with Crippen molar-refractivity contribution in [3.05, 3.63) is 46.0 Å². The number of thiophene rings is 1. The molecule has 86 valence electrons. The fourth-order valence-corrected chi connectivity index (χ4v) is 2.59. The van der Waals surface area contributed by atoms with Crippen molar-refractivity contribution in [3.8, 4) is 0 Å². The molecule has 3 nitrogen and oxygen atoms in total. The quantitative estimate of drug-likeness (QED) is 0.620. The molecule has 2 aromatic heterocycles. The zero-order valence-electron chi connectivity index (χ0n) is 9.27. The Morgan fingerprint density at radius 3 is 3.00 bits per heavy atom. The number of hydrazine groups is 1. The molecule has 0 amide bonds. The average molecular weight is 236 g/mol. The Balaban J connectivity index is 2.16. The summed E-state index contributed by atoms with van der Waals surface area (Å²) in [6.45, 7) is 2.08. The lowest BCUT2D eigenvalue weighted by Crippen LogP contribution is -2.29. The topological polar surface area (TPSA) is 51.2 Å². The van der Waals surface area contributed by atoms with Crippen molar-refractivity contribution in [3.63, 3.8) is 0 Å². The van der Waals surface area contributed by atoms with Crippen LogP contribution in [0.4, 0.5) is 0 Å². The molecule has 0 fully saturated rings. The predicted octanol–water partition coefficient (Wildman–Crippen LogP) is 2.65. The fraction of sp³-hybridized carbons (Fsp3) is 0.333. The van der Waals surface area contributed by atoms with Gasteiger partial charge in [-0.05, 0) is 17.5 Å². The van der Waals surface area contributed by atoms with E-state index in [9.17, 15) is 0 Å². The van der Waals surface area contributed by atoms with Gasteiger partial charge in [0.1, 0.15) is 5.76 Å². The van der Waals surface area contributed by atoms with Gasteiger partial charge in [-0.15, -0.1) is 11.3 Å². The molecule has 3 N–H and O–H groups in total. The van der Waals surface area contributed by atoms with E-state index in [4.69, 9.17) is 10.3 Å². The molecule has 4 heteroatoms. The summed E-state index contributed by atoms with van der Waals surface area (Å²) in [7, 11) is 0. The number of nitrogens with two attached hydrogens (primary N) is 1. The normalized spacial score (nSPS) is 12.9. The van der Waals surface area contributed by atoms with Crippen LogP contribution in [0.3, 0.4) is 0 Å². The molecule has 0 radical (unpaired) electrons. The third kappa shape index (κ3) is 2.35. The highest BCUT2D eigenvalue weighted by Crippen LogP contribution is 2.24. The molecule has 0 aliphatic carbocycles. The number of aryl methyl sites for hydroxylation is 1. The Labute approximate surface area is 99.2 Å². The van der Waals surface area contributed by atoms with E-state index in [0.29, 0.717) is 0 Å². The van der Waals surface area contributed by atoms with Gasteiger partial charge in [-0.3, -0.25) is 11.3 Å². The Bertz CT molecular complexity index is 422. The average Bonchev–Trinajstić information content (AvgIpc) is 2.96. The first-order valence-corrected chi connectivity index (χ1v) is 6.28. The highest BCUT2D eigenvalue weighted by atomic mass is 32.1. The smallest absolute Gasteiger partial charge is 0.108 e. The van der Waals surface area contributed by atoms with Crippen LogP contribution >= 0.6 is 11.3 Å². The van der Waals surface area contributed by atoms with Crippen LogP contribution < -0.4 is 11.3 Å². The standard InChI is InChI=1S/C12H16N2OS/c1-2-12-10(5-6-15-12)11(14-13)8-9-4-3-7-16-9/h3-7,11,14H,2,8,13H2,1H3. The van der Waals surface area contributed by atoms with Crippen LogP contribution in [0.5, 0.6) is 0 Å². The first kappa shape index (κ1) is 11.4. The molecule has 0 aliphatic heterocycles. The minimum atomic E-state index is 0.132. The van der Waals surface area contributed by atoms with Crippen LogP contribution in [0.25, 0.3) is 0 Å². The first-order valence-electron chi connectivity index (χ1n) is 5.40. The molecular formula is C12H16N2OS. The summed E-state index contributed by atoms with van der Waals surface area (Å²) in [6, 6.07) is 6.31. The number of rotatable bonds is 5. The first-order chi connectivity index (χ1) is 7.85. The van der Waals surface area contributed by atoms with Crippen molar-refractivity contribution < 1.29 is 4.42 Å². The van der Waals surface area contributed by atoms with Gasteiger partial charge in [0.15, 0.2) is 0 Å². The van der Waals surface area contributed by atoms with Crippen LogP contribution in [0.15, 0.2) is 34.3 Å². The van der Waals surface area contributed by atoms with Crippen molar-refractivity contribution in [1.29, 1.82) is 0 Å². The molecule has 0 bridgehead atoms. The monoisotopic (exact) mass is 236 g/mol. The van der Waals surface area contributed by atoms with E-state index >= 15 is 0 Å².